The van der Waals surface area contributed by atoms with Crippen LogP contribution in [-0.2, 0) is 19.6 Å². The molecule has 10 heteroatoms. The molecular weight excluding hydrogens is 506 g/mol. The normalized spacial score (nSPS) is 21.1. The molecule has 2 unspecified atom stereocenters. The minimum absolute atomic E-state index is 0.0866. The molecule has 0 N–H and O–H groups in total. The van der Waals surface area contributed by atoms with E-state index in [1.165, 1.54) is 27.8 Å². The fourth-order valence-corrected chi connectivity index (χ4v) is 7.60. The number of carbonyl (C=O) groups is 1. The SMILES string of the molecule is Cc1ccc2sc(N(CC3CCCO3)C(=O)C3CCCN3S(=O)(=O)c3ccc(Cl)cc3)nc2c1C. The maximum Gasteiger partial charge on any atom is 0.247 e. The number of benzene rings is 2. The highest BCUT2D eigenvalue weighted by Crippen LogP contribution is 2.35. The van der Waals surface area contributed by atoms with Crippen molar-refractivity contribution < 1.29 is 17.9 Å². The Kier molecular flexibility index (Phi) is 6.89. The van der Waals surface area contributed by atoms with Gasteiger partial charge < -0.3 is 4.74 Å². The fourth-order valence-electron chi connectivity index (χ4n) is 4.78. The molecule has 3 heterocycles. The Morgan fingerprint density at radius 2 is 1.94 bits per heavy atom. The summed E-state index contributed by atoms with van der Waals surface area (Å²) in [6, 6.07) is 9.38. The van der Waals surface area contributed by atoms with Crippen LogP contribution in [0.2, 0.25) is 5.02 Å². The molecule has 2 saturated heterocycles. The minimum atomic E-state index is -3.85. The first-order valence-corrected chi connectivity index (χ1v) is 14.5. The van der Waals surface area contributed by atoms with Crippen LogP contribution in [0.15, 0.2) is 41.3 Å². The van der Waals surface area contributed by atoms with Crippen molar-refractivity contribution in [1.29, 1.82) is 0 Å². The number of carbonyl (C=O) groups excluding carboxylic acids is 1. The number of amides is 1. The standard InChI is InChI=1S/C25H28ClN3O4S2/c1-16-7-12-22-23(17(16)2)27-25(34-22)28(15-19-5-4-14-33-19)24(30)21-6-3-13-29(21)35(31,32)20-10-8-18(26)9-11-20/h7-12,19,21H,3-6,13-15H2,1-2H3. The van der Waals surface area contributed by atoms with Crippen molar-refractivity contribution in [1.82, 2.24) is 9.29 Å². The van der Waals surface area contributed by atoms with Crippen molar-refractivity contribution in [2.24, 2.45) is 0 Å². The molecule has 186 valence electrons. The molecule has 0 aliphatic carbocycles. The van der Waals surface area contributed by atoms with Crippen molar-refractivity contribution in [3.63, 3.8) is 0 Å². The van der Waals surface area contributed by atoms with E-state index in [1.54, 1.807) is 17.0 Å². The molecule has 2 aromatic carbocycles. The summed E-state index contributed by atoms with van der Waals surface area (Å²) in [5.41, 5.74) is 3.11. The van der Waals surface area contributed by atoms with Gasteiger partial charge in [-0.25, -0.2) is 13.4 Å². The van der Waals surface area contributed by atoms with E-state index in [0.717, 1.165) is 34.2 Å². The van der Waals surface area contributed by atoms with Crippen molar-refractivity contribution >= 4 is 54.2 Å². The monoisotopic (exact) mass is 533 g/mol. The van der Waals surface area contributed by atoms with E-state index in [9.17, 15) is 13.2 Å². The van der Waals surface area contributed by atoms with Gasteiger partial charge in [0.25, 0.3) is 0 Å². The molecule has 2 aliphatic heterocycles. The Morgan fingerprint density at radius 3 is 2.66 bits per heavy atom. The maximum absolute atomic E-state index is 14.0. The van der Waals surface area contributed by atoms with E-state index >= 15 is 0 Å². The zero-order valence-electron chi connectivity index (χ0n) is 19.7. The number of aromatic nitrogens is 1. The average Bonchev–Trinajstić information content (AvgIpc) is 3.60. The Bertz CT molecular complexity index is 1350. The van der Waals surface area contributed by atoms with Crippen LogP contribution in [0.1, 0.15) is 36.8 Å². The molecule has 0 spiro atoms. The fraction of sp³-hybridized carbons (Fsp3) is 0.440. The quantitative estimate of drug-likeness (QED) is 0.449. The molecule has 1 amide bonds. The van der Waals surface area contributed by atoms with Crippen LogP contribution >= 0.6 is 22.9 Å². The average molecular weight is 534 g/mol. The van der Waals surface area contributed by atoms with Gasteiger partial charge in [-0.1, -0.05) is 29.0 Å². The molecule has 2 atom stereocenters. The molecular formula is C25H28ClN3O4S2. The van der Waals surface area contributed by atoms with Gasteiger partial charge in [0.1, 0.15) is 6.04 Å². The number of rotatable bonds is 6. The van der Waals surface area contributed by atoms with Gasteiger partial charge in [0, 0.05) is 18.2 Å². The highest BCUT2D eigenvalue weighted by Gasteiger charge is 2.42. The van der Waals surface area contributed by atoms with E-state index in [4.69, 9.17) is 21.3 Å². The molecule has 0 saturated carbocycles. The highest BCUT2D eigenvalue weighted by atomic mass is 35.5. The number of aryl methyl sites for hydroxylation is 2. The van der Waals surface area contributed by atoms with Crippen molar-refractivity contribution in [3.8, 4) is 0 Å². The van der Waals surface area contributed by atoms with Gasteiger partial charge >= 0.3 is 0 Å². The smallest absolute Gasteiger partial charge is 0.247 e. The van der Waals surface area contributed by atoms with Gasteiger partial charge in [0.15, 0.2) is 5.13 Å². The van der Waals surface area contributed by atoms with E-state index in [-0.39, 0.29) is 16.9 Å². The Labute approximate surface area is 214 Å². The number of thiazole rings is 1. The molecule has 1 aromatic heterocycles. The lowest BCUT2D eigenvalue weighted by atomic mass is 10.1. The van der Waals surface area contributed by atoms with Crippen LogP contribution in [-0.4, -0.2) is 55.5 Å². The maximum atomic E-state index is 14.0. The second-order valence-corrected chi connectivity index (χ2v) is 12.5. The first-order chi connectivity index (χ1) is 16.8. The lowest BCUT2D eigenvalue weighted by molar-refractivity contribution is -0.122. The van der Waals surface area contributed by atoms with E-state index in [0.29, 0.717) is 42.7 Å². The molecule has 7 nitrogen and oxygen atoms in total. The van der Waals surface area contributed by atoms with Gasteiger partial charge in [0.05, 0.1) is 27.8 Å². The van der Waals surface area contributed by atoms with Gasteiger partial charge in [-0.05, 0) is 81.0 Å². The Balaban J connectivity index is 1.50. The number of anilines is 1. The second kappa shape index (κ2) is 9.78. The number of nitrogens with zero attached hydrogens (tertiary/aromatic N) is 3. The minimum Gasteiger partial charge on any atom is -0.376 e. The molecule has 2 fully saturated rings. The summed E-state index contributed by atoms with van der Waals surface area (Å²) in [6.45, 7) is 5.41. The lowest BCUT2D eigenvalue weighted by Crippen LogP contribution is -2.49. The van der Waals surface area contributed by atoms with Crippen LogP contribution < -0.4 is 4.90 Å². The first-order valence-electron chi connectivity index (χ1n) is 11.8. The number of hydrogen-bond donors (Lipinski definition) is 0. The van der Waals surface area contributed by atoms with Crippen LogP contribution in [0.25, 0.3) is 10.2 Å². The van der Waals surface area contributed by atoms with Crippen LogP contribution in [0.3, 0.4) is 0 Å². The number of hydrogen-bond acceptors (Lipinski definition) is 6. The first kappa shape index (κ1) is 24.6. The number of ether oxygens (including phenoxy) is 1. The number of sulfonamides is 1. The third-order valence-corrected chi connectivity index (χ3v) is 10.1. The number of halogens is 1. The van der Waals surface area contributed by atoms with Gasteiger partial charge in [-0.15, -0.1) is 0 Å². The van der Waals surface area contributed by atoms with Gasteiger partial charge in [0.2, 0.25) is 15.9 Å². The van der Waals surface area contributed by atoms with Crippen LogP contribution in [0.4, 0.5) is 5.13 Å². The largest absolute Gasteiger partial charge is 0.376 e. The Hall–Kier alpha value is -2.04. The van der Waals surface area contributed by atoms with Crippen LogP contribution in [0, 0.1) is 13.8 Å². The molecule has 3 aromatic rings. The molecule has 0 bridgehead atoms. The number of fused-ring (bicyclic) bond motifs is 1. The summed E-state index contributed by atoms with van der Waals surface area (Å²) in [5, 5.41) is 1.05. The molecule has 2 aliphatic rings. The third kappa shape index (κ3) is 4.72. The van der Waals surface area contributed by atoms with Gasteiger partial charge in [-0.3, -0.25) is 9.69 Å². The summed E-state index contributed by atoms with van der Waals surface area (Å²) < 4.78 is 35.1. The predicted octanol–water partition coefficient (Wildman–Crippen LogP) is 4.93. The zero-order chi connectivity index (χ0) is 24.7. The Morgan fingerprint density at radius 1 is 1.17 bits per heavy atom. The lowest BCUT2D eigenvalue weighted by Gasteiger charge is -2.29. The highest BCUT2D eigenvalue weighted by molar-refractivity contribution is 7.89. The van der Waals surface area contributed by atoms with E-state index in [2.05, 4.69) is 6.07 Å². The van der Waals surface area contributed by atoms with Crippen LogP contribution in [0.5, 0.6) is 0 Å². The summed E-state index contributed by atoms with van der Waals surface area (Å²) in [4.78, 5) is 20.7. The van der Waals surface area contributed by atoms with Crippen molar-refractivity contribution in [2.45, 2.75) is 56.6 Å². The van der Waals surface area contributed by atoms with Crippen molar-refractivity contribution in [2.75, 3.05) is 24.6 Å². The van der Waals surface area contributed by atoms with Crippen molar-refractivity contribution in [3.05, 3.63) is 52.5 Å². The second-order valence-electron chi connectivity index (χ2n) is 9.16. The summed E-state index contributed by atoms with van der Waals surface area (Å²) in [7, 11) is -3.85. The topological polar surface area (TPSA) is 79.8 Å². The van der Waals surface area contributed by atoms with E-state index < -0.39 is 16.1 Å². The van der Waals surface area contributed by atoms with E-state index in [1.807, 2.05) is 19.9 Å². The molecule has 0 radical (unpaired) electrons. The zero-order valence-corrected chi connectivity index (χ0v) is 22.1. The predicted molar refractivity (Wildman–Crippen MR) is 139 cm³/mol. The molecule has 35 heavy (non-hydrogen) atoms. The summed E-state index contributed by atoms with van der Waals surface area (Å²) >= 11 is 7.42. The third-order valence-electron chi connectivity index (χ3n) is 6.89. The molecule has 5 rings (SSSR count). The van der Waals surface area contributed by atoms with Gasteiger partial charge in [-0.2, -0.15) is 4.31 Å². The summed E-state index contributed by atoms with van der Waals surface area (Å²) in [5.74, 6) is -0.246. The summed E-state index contributed by atoms with van der Waals surface area (Å²) in [6.07, 6.45) is 2.82.